The van der Waals surface area contributed by atoms with E-state index in [9.17, 15) is 0 Å². The molecule has 2 N–H and O–H groups in total. The molecule has 1 aliphatic carbocycles. The number of hydrogen-bond acceptors (Lipinski definition) is 2. The van der Waals surface area contributed by atoms with Crippen molar-refractivity contribution in [3.8, 4) is 0 Å². The van der Waals surface area contributed by atoms with Crippen molar-refractivity contribution in [1.82, 2.24) is 0 Å². The van der Waals surface area contributed by atoms with Gasteiger partial charge in [-0.15, -0.1) is 0 Å². The summed E-state index contributed by atoms with van der Waals surface area (Å²) in [6.45, 7) is 7.89. The molecular formula is C15H29NO. The highest BCUT2D eigenvalue weighted by atomic mass is 16.5. The first-order valence-corrected chi connectivity index (χ1v) is 7.41. The lowest BCUT2D eigenvalue weighted by molar-refractivity contribution is -0.0974. The first-order chi connectivity index (χ1) is 8.01. The lowest BCUT2D eigenvalue weighted by atomic mass is 9.69. The molecule has 1 saturated carbocycles. The fourth-order valence-electron chi connectivity index (χ4n) is 4.02. The summed E-state index contributed by atoms with van der Waals surface area (Å²) in [5.41, 5.74) is 6.50. The van der Waals surface area contributed by atoms with Gasteiger partial charge in [0.25, 0.3) is 0 Å². The number of rotatable bonds is 2. The summed E-state index contributed by atoms with van der Waals surface area (Å²) >= 11 is 0. The van der Waals surface area contributed by atoms with E-state index in [1.807, 2.05) is 0 Å². The van der Waals surface area contributed by atoms with E-state index in [0.29, 0.717) is 5.92 Å². The van der Waals surface area contributed by atoms with Gasteiger partial charge in [0.05, 0.1) is 5.60 Å². The Morgan fingerprint density at radius 2 is 1.76 bits per heavy atom. The van der Waals surface area contributed by atoms with Crippen LogP contribution in [0.1, 0.15) is 59.3 Å². The highest BCUT2D eigenvalue weighted by molar-refractivity contribution is 4.95. The van der Waals surface area contributed by atoms with Crippen LogP contribution in [-0.2, 0) is 4.74 Å². The average molecular weight is 239 g/mol. The van der Waals surface area contributed by atoms with Crippen LogP contribution in [0, 0.1) is 17.8 Å². The van der Waals surface area contributed by atoms with Crippen molar-refractivity contribution in [3.63, 3.8) is 0 Å². The van der Waals surface area contributed by atoms with Crippen molar-refractivity contribution in [2.45, 2.75) is 70.9 Å². The summed E-state index contributed by atoms with van der Waals surface area (Å²) in [4.78, 5) is 0. The second-order valence-corrected chi connectivity index (χ2v) is 6.82. The topological polar surface area (TPSA) is 35.2 Å². The first-order valence-electron chi connectivity index (χ1n) is 7.41. The maximum atomic E-state index is 6.56. The maximum absolute atomic E-state index is 6.56. The summed E-state index contributed by atoms with van der Waals surface area (Å²) in [6, 6.07) is 0.230. The number of nitrogens with two attached hydrogens (primary N) is 1. The Hall–Kier alpha value is -0.0800. The first kappa shape index (κ1) is 13.4. The zero-order chi connectivity index (χ0) is 12.5. The van der Waals surface area contributed by atoms with Crippen LogP contribution < -0.4 is 5.73 Å². The average Bonchev–Trinajstić information content (AvgIpc) is 2.27. The van der Waals surface area contributed by atoms with Crippen LogP contribution in [0.5, 0.6) is 0 Å². The third kappa shape index (κ3) is 3.03. The zero-order valence-corrected chi connectivity index (χ0v) is 11.7. The molecule has 2 nitrogen and oxygen atoms in total. The second kappa shape index (κ2) is 5.27. The van der Waals surface area contributed by atoms with Crippen molar-refractivity contribution in [2.24, 2.45) is 23.5 Å². The molecule has 17 heavy (non-hydrogen) atoms. The Balaban J connectivity index is 2.00. The lowest BCUT2D eigenvalue weighted by Gasteiger charge is -2.45. The Morgan fingerprint density at radius 1 is 1.12 bits per heavy atom. The van der Waals surface area contributed by atoms with E-state index in [0.717, 1.165) is 24.9 Å². The summed E-state index contributed by atoms with van der Waals surface area (Å²) in [5, 5.41) is 0. The fraction of sp³-hybridized carbons (Fsp3) is 1.00. The van der Waals surface area contributed by atoms with Gasteiger partial charge < -0.3 is 10.5 Å². The molecule has 1 heterocycles. The van der Waals surface area contributed by atoms with E-state index >= 15 is 0 Å². The summed E-state index contributed by atoms with van der Waals surface area (Å²) in [7, 11) is 0. The van der Waals surface area contributed by atoms with E-state index in [1.165, 1.54) is 32.1 Å². The molecular weight excluding hydrogens is 210 g/mol. The zero-order valence-electron chi connectivity index (χ0n) is 11.7. The second-order valence-electron chi connectivity index (χ2n) is 6.82. The predicted molar refractivity (Wildman–Crippen MR) is 71.9 cm³/mol. The van der Waals surface area contributed by atoms with Crippen molar-refractivity contribution in [1.29, 1.82) is 0 Å². The molecule has 4 atom stereocenters. The van der Waals surface area contributed by atoms with Gasteiger partial charge in [-0.05, 0) is 63.2 Å². The Bertz CT molecular complexity index is 237. The van der Waals surface area contributed by atoms with Crippen LogP contribution in [0.4, 0.5) is 0 Å². The Kier molecular flexibility index (Phi) is 4.14. The monoisotopic (exact) mass is 239 g/mol. The molecule has 100 valence electrons. The molecule has 0 amide bonds. The largest absolute Gasteiger partial charge is 0.374 e. The van der Waals surface area contributed by atoms with Gasteiger partial charge >= 0.3 is 0 Å². The molecule has 0 aromatic carbocycles. The van der Waals surface area contributed by atoms with Crippen LogP contribution in [0.15, 0.2) is 0 Å². The smallest absolute Gasteiger partial charge is 0.0807 e. The van der Waals surface area contributed by atoms with E-state index in [-0.39, 0.29) is 11.6 Å². The van der Waals surface area contributed by atoms with Crippen LogP contribution in [-0.4, -0.2) is 18.2 Å². The maximum Gasteiger partial charge on any atom is 0.0807 e. The molecule has 2 rings (SSSR count). The van der Waals surface area contributed by atoms with Crippen LogP contribution in [0.2, 0.25) is 0 Å². The van der Waals surface area contributed by atoms with Gasteiger partial charge in [-0.1, -0.05) is 13.8 Å². The van der Waals surface area contributed by atoms with Gasteiger partial charge in [-0.2, -0.15) is 0 Å². The summed E-state index contributed by atoms with van der Waals surface area (Å²) in [6.07, 6.45) is 7.60. The minimum atomic E-state index is -0.0559. The SMILES string of the molecule is CC1CC(C)CC(C(N)C2(C)CCCCO2)C1. The van der Waals surface area contributed by atoms with Gasteiger partial charge in [-0.25, -0.2) is 0 Å². The third-order valence-corrected chi connectivity index (χ3v) is 4.93. The van der Waals surface area contributed by atoms with Crippen molar-refractivity contribution < 1.29 is 4.74 Å². The minimum absolute atomic E-state index is 0.0559. The molecule has 4 unspecified atom stereocenters. The Morgan fingerprint density at radius 3 is 2.29 bits per heavy atom. The van der Waals surface area contributed by atoms with Crippen LogP contribution in [0.3, 0.4) is 0 Å². The Labute approximate surface area is 106 Å². The van der Waals surface area contributed by atoms with Crippen molar-refractivity contribution in [3.05, 3.63) is 0 Å². The number of ether oxygens (including phenoxy) is 1. The lowest BCUT2D eigenvalue weighted by Crippen LogP contribution is -2.54. The highest BCUT2D eigenvalue weighted by Gasteiger charge is 2.41. The summed E-state index contributed by atoms with van der Waals surface area (Å²) in [5.74, 6) is 2.33. The minimum Gasteiger partial charge on any atom is -0.374 e. The van der Waals surface area contributed by atoms with Crippen molar-refractivity contribution in [2.75, 3.05) is 6.61 Å². The fourth-order valence-corrected chi connectivity index (χ4v) is 4.02. The molecule has 2 heteroatoms. The van der Waals surface area contributed by atoms with Crippen molar-refractivity contribution >= 4 is 0 Å². The summed E-state index contributed by atoms with van der Waals surface area (Å²) < 4.78 is 6.03. The van der Waals surface area contributed by atoms with E-state index in [2.05, 4.69) is 20.8 Å². The molecule has 0 aromatic rings. The van der Waals surface area contributed by atoms with E-state index < -0.39 is 0 Å². The molecule has 0 radical (unpaired) electrons. The molecule has 1 saturated heterocycles. The standard InChI is InChI=1S/C15H29NO/c1-11-8-12(2)10-13(9-11)14(16)15(3)6-4-5-7-17-15/h11-14H,4-10,16H2,1-3H3. The predicted octanol–water partition coefficient (Wildman–Crippen LogP) is 3.35. The van der Waals surface area contributed by atoms with Gasteiger partial charge in [-0.3, -0.25) is 0 Å². The molecule has 2 aliphatic rings. The van der Waals surface area contributed by atoms with Gasteiger partial charge in [0.2, 0.25) is 0 Å². The molecule has 0 bridgehead atoms. The van der Waals surface area contributed by atoms with Gasteiger partial charge in [0.15, 0.2) is 0 Å². The molecule has 0 aromatic heterocycles. The van der Waals surface area contributed by atoms with Gasteiger partial charge in [0, 0.05) is 12.6 Å². The normalized spacial score (nSPS) is 45.5. The molecule has 2 fully saturated rings. The van der Waals surface area contributed by atoms with Crippen LogP contribution in [0.25, 0.3) is 0 Å². The van der Waals surface area contributed by atoms with E-state index in [4.69, 9.17) is 10.5 Å². The quantitative estimate of drug-likeness (QED) is 0.802. The van der Waals surface area contributed by atoms with Gasteiger partial charge in [0.1, 0.15) is 0 Å². The highest BCUT2D eigenvalue weighted by Crippen LogP contribution is 2.39. The third-order valence-electron chi connectivity index (χ3n) is 4.93. The number of hydrogen-bond donors (Lipinski definition) is 1. The van der Waals surface area contributed by atoms with E-state index in [1.54, 1.807) is 0 Å². The van der Waals surface area contributed by atoms with Crippen LogP contribution >= 0.6 is 0 Å². The molecule has 0 spiro atoms. The molecule has 1 aliphatic heterocycles.